The lowest BCUT2D eigenvalue weighted by Crippen LogP contribution is -2.11. The van der Waals surface area contributed by atoms with Gasteiger partial charge in [-0.1, -0.05) is 31.9 Å². The Kier molecular flexibility index (Phi) is 1.74. The highest BCUT2D eigenvalue weighted by Gasteiger charge is 2.66. The summed E-state index contributed by atoms with van der Waals surface area (Å²) in [5.41, 5.74) is -0.394. The molecule has 1 fully saturated rings. The van der Waals surface area contributed by atoms with E-state index in [-0.39, 0.29) is 8.48 Å². The Morgan fingerprint density at radius 2 is 2.00 bits per heavy atom. The lowest BCUT2D eigenvalue weighted by molar-refractivity contribution is -0.115. The first kappa shape index (κ1) is 8.02. The van der Waals surface area contributed by atoms with Crippen LogP contribution >= 0.6 is 43.5 Å². The Morgan fingerprint density at radius 1 is 1.67 bits per heavy atom. The van der Waals surface area contributed by atoms with Crippen LogP contribution < -0.4 is 0 Å². The highest BCUT2D eigenvalue weighted by Crippen LogP contribution is 2.67. The molecule has 1 aliphatic carbocycles. The fourth-order valence-electron chi connectivity index (χ4n) is 0.613. The van der Waals surface area contributed by atoms with Gasteiger partial charge in [0.1, 0.15) is 0 Å². The molecule has 0 amide bonds. The molecule has 0 aromatic heterocycles. The van der Waals surface area contributed by atoms with Crippen molar-refractivity contribution in [2.75, 3.05) is 0 Å². The van der Waals surface area contributed by atoms with Crippen LogP contribution in [0, 0.1) is 5.41 Å². The van der Waals surface area contributed by atoms with Crippen LogP contribution in [0.4, 0.5) is 0 Å². The second-order valence-electron chi connectivity index (χ2n) is 2.49. The van der Waals surface area contributed by atoms with Crippen LogP contribution in [-0.4, -0.2) is 8.48 Å². The molecule has 0 unspecified atom stereocenters. The topological polar surface area (TPSA) is 17.1 Å². The van der Waals surface area contributed by atoms with Gasteiger partial charge in [-0.3, -0.25) is 4.79 Å². The molecule has 52 valence electrons. The molecule has 0 N–H and O–H groups in total. The van der Waals surface area contributed by atoms with Gasteiger partial charge in [0, 0.05) is 0 Å². The van der Waals surface area contributed by atoms with E-state index in [0.717, 1.165) is 6.42 Å². The van der Waals surface area contributed by atoms with Crippen molar-refractivity contribution in [2.45, 2.75) is 16.6 Å². The minimum atomic E-state index is -0.394. The fourth-order valence-corrected chi connectivity index (χ4v) is 2.55. The van der Waals surface area contributed by atoms with Crippen molar-refractivity contribution in [3.8, 4) is 0 Å². The zero-order valence-corrected chi connectivity index (χ0v) is 8.68. The minimum Gasteiger partial charge on any atom is -0.281 e. The second-order valence-corrected chi connectivity index (χ2v) is 6.60. The second kappa shape index (κ2) is 1.95. The molecule has 4 heteroatoms. The van der Waals surface area contributed by atoms with E-state index in [1.54, 1.807) is 0 Å². The predicted molar refractivity (Wildman–Crippen MR) is 44.2 cm³/mol. The first-order valence-electron chi connectivity index (χ1n) is 2.48. The summed E-state index contributed by atoms with van der Waals surface area (Å²) >= 11 is 11.9. The van der Waals surface area contributed by atoms with Crippen LogP contribution in [0.1, 0.15) is 13.3 Å². The first-order chi connectivity index (χ1) is 3.90. The summed E-state index contributed by atoms with van der Waals surface area (Å²) in [5, 5.41) is -0.281. The molecule has 0 aromatic carbocycles. The van der Waals surface area contributed by atoms with Crippen LogP contribution in [0.5, 0.6) is 0 Å². The normalized spacial score (nSPS) is 38.2. The number of alkyl halides is 2. The van der Waals surface area contributed by atoms with E-state index in [9.17, 15) is 4.79 Å². The standard InChI is InChI=1S/C5H5Br2ClO/c1-4(3(8)9)2-5(4,6)7/h2H2,1H3/t4-/m1/s1. The Bertz CT molecular complexity index is 168. The zero-order valence-electron chi connectivity index (χ0n) is 4.75. The maximum atomic E-state index is 10.6. The van der Waals surface area contributed by atoms with Gasteiger partial charge in [-0.05, 0) is 24.9 Å². The van der Waals surface area contributed by atoms with E-state index in [1.807, 2.05) is 6.92 Å². The smallest absolute Gasteiger partial charge is 0.229 e. The quantitative estimate of drug-likeness (QED) is 0.531. The molecule has 0 bridgehead atoms. The number of hydrogen-bond acceptors (Lipinski definition) is 1. The van der Waals surface area contributed by atoms with Gasteiger partial charge in [0.15, 0.2) is 0 Å². The third kappa shape index (κ3) is 1.08. The van der Waals surface area contributed by atoms with Gasteiger partial charge >= 0.3 is 0 Å². The van der Waals surface area contributed by atoms with Gasteiger partial charge in [0.25, 0.3) is 0 Å². The molecule has 1 rings (SSSR count). The summed E-state index contributed by atoms with van der Waals surface area (Å²) < 4.78 is -0.230. The van der Waals surface area contributed by atoms with E-state index in [1.165, 1.54) is 0 Å². The van der Waals surface area contributed by atoms with Crippen molar-refractivity contribution < 1.29 is 4.79 Å². The predicted octanol–water partition coefficient (Wildman–Crippen LogP) is 2.65. The van der Waals surface area contributed by atoms with Crippen molar-refractivity contribution in [2.24, 2.45) is 5.41 Å². The van der Waals surface area contributed by atoms with Gasteiger partial charge in [0.2, 0.25) is 5.24 Å². The maximum Gasteiger partial charge on any atom is 0.229 e. The average molecular weight is 276 g/mol. The summed E-state index contributed by atoms with van der Waals surface area (Å²) in [5.74, 6) is 0. The van der Waals surface area contributed by atoms with Gasteiger partial charge < -0.3 is 0 Å². The Labute approximate surface area is 75.4 Å². The van der Waals surface area contributed by atoms with Crippen LogP contribution in [-0.2, 0) is 4.79 Å². The molecule has 0 heterocycles. The summed E-state index contributed by atoms with van der Waals surface area (Å²) in [6.45, 7) is 1.83. The average Bonchev–Trinajstić information content (AvgIpc) is 2.08. The zero-order chi connectivity index (χ0) is 7.28. The minimum absolute atomic E-state index is 0.230. The Hall–Kier alpha value is 0.920. The third-order valence-corrected chi connectivity index (χ3v) is 4.42. The van der Waals surface area contributed by atoms with E-state index < -0.39 is 5.41 Å². The monoisotopic (exact) mass is 274 g/mol. The molecule has 0 radical (unpaired) electrons. The molecule has 9 heavy (non-hydrogen) atoms. The van der Waals surface area contributed by atoms with Crippen LogP contribution in [0.3, 0.4) is 0 Å². The van der Waals surface area contributed by atoms with Gasteiger partial charge in [-0.25, -0.2) is 0 Å². The van der Waals surface area contributed by atoms with Crippen LogP contribution in [0.25, 0.3) is 0 Å². The molecule has 0 aliphatic heterocycles. The number of hydrogen-bond donors (Lipinski definition) is 0. The maximum absolute atomic E-state index is 10.6. The van der Waals surface area contributed by atoms with E-state index in [0.29, 0.717) is 0 Å². The summed E-state index contributed by atoms with van der Waals surface area (Å²) in [4.78, 5) is 10.6. The molecule has 1 nitrogen and oxygen atoms in total. The highest BCUT2D eigenvalue weighted by molar-refractivity contribution is 9.25. The van der Waals surface area contributed by atoms with Crippen molar-refractivity contribution in [3.63, 3.8) is 0 Å². The van der Waals surface area contributed by atoms with Crippen molar-refractivity contribution in [3.05, 3.63) is 0 Å². The molecule has 0 saturated heterocycles. The van der Waals surface area contributed by atoms with Gasteiger partial charge in [-0.15, -0.1) is 0 Å². The Morgan fingerprint density at radius 3 is 2.00 bits per heavy atom. The number of carbonyl (C=O) groups is 1. The van der Waals surface area contributed by atoms with Gasteiger partial charge in [-0.2, -0.15) is 0 Å². The van der Waals surface area contributed by atoms with Crippen molar-refractivity contribution in [1.29, 1.82) is 0 Å². The molecule has 0 spiro atoms. The summed E-state index contributed by atoms with van der Waals surface area (Å²) in [7, 11) is 0. The number of rotatable bonds is 1. The number of halogens is 3. The van der Waals surface area contributed by atoms with Gasteiger partial charge in [0.05, 0.1) is 8.65 Å². The van der Waals surface area contributed by atoms with E-state index in [2.05, 4.69) is 31.9 Å². The van der Waals surface area contributed by atoms with Crippen LogP contribution in [0.2, 0.25) is 0 Å². The number of carbonyl (C=O) groups excluding carboxylic acids is 1. The molecular weight excluding hydrogens is 271 g/mol. The van der Waals surface area contributed by atoms with E-state index >= 15 is 0 Å². The first-order valence-corrected chi connectivity index (χ1v) is 4.44. The molecule has 1 aliphatic rings. The van der Waals surface area contributed by atoms with Crippen molar-refractivity contribution in [1.82, 2.24) is 0 Å². The lowest BCUT2D eigenvalue weighted by Gasteiger charge is -2.03. The summed E-state index contributed by atoms with van der Waals surface area (Å²) in [6.07, 6.45) is 0.766. The van der Waals surface area contributed by atoms with Crippen LogP contribution in [0.15, 0.2) is 0 Å². The lowest BCUT2D eigenvalue weighted by atomic mass is 10.2. The molecule has 1 atom stereocenters. The summed E-state index contributed by atoms with van der Waals surface area (Å²) in [6, 6.07) is 0. The third-order valence-electron chi connectivity index (χ3n) is 1.69. The molecule has 1 saturated carbocycles. The SMILES string of the molecule is C[C@]1(C(=O)Cl)CC1(Br)Br. The van der Waals surface area contributed by atoms with E-state index in [4.69, 9.17) is 11.6 Å². The molecular formula is C5H5Br2ClO. The highest BCUT2D eigenvalue weighted by atomic mass is 79.9. The fraction of sp³-hybridized carbons (Fsp3) is 0.800. The van der Waals surface area contributed by atoms with Crippen molar-refractivity contribution >= 4 is 48.7 Å². The molecule has 0 aromatic rings. The Balaban J connectivity index is 2.74. The largest absolute Gasteiger partial charge is 0.281 e.